The molecule has 1 amide bonds. The van der Waals surface area contributed by atoms with Crippen LogP contribution in [-0.4, -0.2) is 49.8 Å². The summed E-state index contributed by atoms with van der Waals surface area (Å²) in [6, 6.07) is 7.95. The minimum atomic E-state index is 0. The molecule has 1 heterocycles. The Bertz CT molecular complexity index is 423. The minimum Gasteiger partial charge on any atom is -0.325 e. The van der Waals surface area contributed by atoms with Crippen LogP contribution in [0.3, 0.4) is 0 Å². The van der Waals surface area contributed by atoms with Gasteiger partial charge in [-0.05, 0) is 44.0 Å². The Morgan fingerprint density at radius 2 is 2.25 bits per heavy atom. The highest BCUT2D eigenvalue weighted by molar-refractivity contribution is 7.98. The van der Waals surface area contributed by atoms with Crippen molar-refractivity contribution in [2.24, 2.45) is 0 Å². The summed E-state index contributed by atoms with van der Waals surface area (Å²) in [5.74, 6) is 0.0696. The summed E-state index contributed by atoms with van der Waals surface area (Å²) in [5.41, 5.74) is 0.879. The second-order valence-electron chi connectivity index (χ2n) is 4.66. The first-order chi connectivity index (χ1) is 9.28. The van der Waals surface area contributed by atoms with Gasteiger partial charge in [0, 0.05) is 23.7 Å². The molecule has 0 aromatic heterocycles. The molecule has 0 radical (unpaired) electrons. The lowest BCUT2D eigenvalue weighted by Crippen LogP contribution is -2.35. The summed E-state index contributed by atoms with van der Waals surface area (Å²) in [4.78, 5) is 15.4. The number of amides is 1. The molecule has 0 unspecified atom stereocenters. The van der Waals surface area contributed by atoms with Crippen LogP contribution < -0.4 is 10.6 Å². The molecule has 2 rings (SSSR count). The van der Waals surface area contributed by atoms with Gasteiger partial charge in [0.1, 0.15) is 0 Å². The molecule has 0 spiro atoms. The second-order valence-corrected chi connectivity index (χ2v) is 5.54. The largest absolute Gasteiger partial charge is 0.325 e. The normalized spacial score (nSPS) is 16.1. The lowest BCUT2D eigenvalue weighted by Gasteiger charge is -2.18. The maximum Gasteiger partial charge on any atom is 0.238 e. The number of rotatable bonds is 4. The van der Waals surface area contributed by atoms with Crippen molar-refractivity contribution in [2.75, 3.05) is 44.3 Å². The van der Waals surface area contributed by atoms with Gasteiger partial charge in [0.25, 0.3) is 0 Å². The third-order valence-electron chi connectivity index (χ3n) is 3.15. The van der Waals surface area contributed by atoms with E-state index < -0.39 is 0 Å². The van der Waals surface area contributed by atoms with Crippen LogP contribution in [-0.2, 0) is 4.79 Å². The Hall–Kier alpha value is -0.750. The highest BCUT2D eigenvalue weighted by Gasteiger charge is 2.12. The summed E-state index contributed by atoms with van der Waals surface area (Å²) in [7, 11) is 0. The first kappa shape index (κ1) is 17.3. The Labute approximate surface area is 131 Å². The molecule has 0 atom stereocenters. The Morgan fingerprint density at radius 1 is 1.40 bits per heavy atom. The Kier molecular flexibility index (Phi) is 7.99. The predicted octanol–water partition coefficient (Wildman–Crippen LogP) is 2.06. The molecule has 0 bridgehead atoms. The van der Waals surface area contributed by atoms with Crippen molar-refractivity contribution in [1.82, 2.24) is 10.2 Å². The number of anilines is 1. The molecule has 1 aromatic carbocycles. The van der Waals surface area contributed by atoms with E-state index >= 15 is 0 Å². The molecule has 1 aliphatic heterocycles. The van der Waals surface area contributed by atoms with Crippen molar-refractivity contribution in [3.8, 4) is 0 Å². The van der Waals surface area contributed by atoms with E-state index in [9.17, 15) is 4.79 Å². The monoisotopic (exact) mass is 315 g/mol. The van der Waals surface area contributed by atoms with Gasteiger partial charge in [-0.15, -0.1) is 24.2 Å². The van der Waals surface area contributed by atoms with Crippen molar-refractivity contribution in [1.29, 1.82) is 0 Å². The first-order valence-electron chi connectivity index (χ1n) is 6.65. The predicted molar refractivity (Wildman–Crippen MR) is 88.0 cm³/mol. The molecule has 4 nitrogen and oxygen atoms in total. The van der Waals surface area contributed by atoms with Crippen LogP contribution in [0.15, 0.2) is 29.2 Å². The summed E-state index contributed by atoms with van der Waals surface area (Å²) < 4.78 is 0. The molecule has 1 saturated heterocycles. The number of halogens is 1. The topological polar surface area (TPSA) is 44.4 Å². The van der Waals surface area contributed by atoms with Gasteiger partial charge in [-0.2, -0.15) is 0 Å². The lowest BCUT2D eigenvalue weighted by atomic mass is 10.3. The molecule has 6 heteroatoms. The Balaban J connectivity index is 0.00000200. The van der Waals surface area contributed by atoms with E-state index in [0.29, 0.717) is 6.54 Å². The number of benzene rings is 1. The number of nitrogens with zero attached hydrogens (tertiary/aromatic N) is 1. The van der Waals surface area contributed by atoms with Crippen LogP contribution in [0.5, 0.6) is 0 Å². The van der Waals surface area contributed by atoms with Gasteiger partial charge in [0.2, 0.25) is 5.91 Å². The smallest absolute Gasteiger partial charge is 0.238 e. The lowest BCUT2D eigenvalue weighted by molar-refractivity contribution is -0.117. The molecule has 1 aliphatic rings. The summed E-state index contributed by atoms with van der Waals surface area (Å²) in [5, 5.41) is 6.31. The number of hydrogen-bond acceptors (Lipinski definition) is 4. The third-order valence-corrected chi connectivity index (χ3v) is 3.88. The SMILES string of the molecule is CSc1cccc(NC(=O)CN2CCCNCC2)c1.Cl. The van der Waals surface area contributed by atoms with Crippen LogP contribution in [0.4, 0.5) is 5.69 Å². The fraction of sp³-hybridized carbons (Fsp3) is 0.500. The van der Waals surface area contributed by atoms with Gasteiger partial charge in [0.15, 0.2) is 0 Å². The molecule has 1 aromatic rings. The van der Waals surface area contributed by atoms with Crippen molar-refractivity contribution in [3.05, 3.63) is 24.3 Å². The highest BCUT2D eigenvalue weighted by atomic mass is 35.5. The molecule has 2 N–H and O–H groups in total. The minimum absolute atomic E-state index is 0. The van der Waals surface area contributed by atoms with E-state index in [0.717, 1.165) is 43.2 Å². The molecule has 20 heavy (non-hydrogen) atoms. The molecular formula is C14H22ClN3OS. The third kappa shape index (κ3) is 5.71. The number of carbonyl (C=O) groups is 1. The number of nitrogens with one attached hydrogen (secondary N) is 2. The highest BCUT2D eigenvalue weighted by Crippen LogP contribution is 2.18. The molecule has 1 fully saturated rings. The zero-order chi connectivity index (χ0) is 13.5. The van der Waals surface area contributed by atoms with Crippen LogP contribution in [0, 0.1) is 0 Å². The quantitative estimate of drug-likeness (QED) is 0.835. The van der Waals surface area contributed by atoms with E-state index in [4.69, 9.17) is 0 Å². The summed E-state index contributed by atoms with van der Waals surface area (Å²) in [6.07, 6.45) is 3.14. The molecule has 0 saturated carbocycles. The summed E-state index contributed by atoms with van der Waals surface area (Å²) >= 11 is 1.68. The van der Waals surface area contributed by atoms with Gasteiger partial charge < -0.3 is 10.6 Å². The van der Waals surface area contributed by atoms with Gasteiger partial charge in [-0.1, -0.05) is 6.07 Å². The van der Waals surface area contributed by atoms with E-state index in [-0.39, 0.29) is 18.3 Å². The maximum absolute atomic E-state index is 12.0. The molecule has 112 valence electrons. The van der Waals surface area contributed by atoms with E-state index in [2.05, 4.69) is 15.5 Å². The first-order valence-corrected chi connectivity index (χ1v) is 7.87. The standard InChI is InChI=1S/C14H21N3OS.ClH/c1-19-13-5-2-4-12(10-13)16-14(18)11-17-8-3-6-15-7-9-17;/h2,4-5,10,15H,3,6-9,11H2,1H3,(H,16,18);1H. The molecular weight excluding hydrogens is 294 g/mol. The number of hydrogen-bond donors (Lipinski definition) is 2. The molecule has 0 aliphatic carbocycles. The van der Waals surface area contributed by atoms with E-state index in [1.807, 2.05) is 30.5 Å². The second kappa shape index (κ2) is 9.23. The summed E-state index contributed by atoms with van der Waals surface area (Å²) in [6.45, 7) is 4.43. The maximum atomic E-state index is 12.0. The van der Waals surface area contributed by atoms with Crippen LogP contribution in [0.25, 0.3) is 0 Å². The fourth-order valence-electron chi connectivity index (χ4n) is 2.16. The van der Waals surface area contributed by atoms with Crippen LogP contribution in [0.2, 0.25) is 0 Å². The Morgan fingerprint density at radius 3 is 3.05 bits per heavy atom. The van der Waals surface area contributed by atoms with Gasteiger partial charge in [0.05, 0.1) is 6.54 Å². The van der Waals surface area contributed by atoms with Crippen molar-refractivity contribution in [2.45, 2.75) is 11.3 Å². The van der Waals surface area contributed by atoms with Crippen molar-refractivity contribution in [3.63, 3.8) is 0 Å². The zero-order valence-corrected chi connectivity index (χ0v) is 13.4. The van der Waals surface area contributed by atoms with Crippen molar-refractivity contribution < 1.29 is 4.79 Å². The zero-order valence-electron chi connectivity index (χ0n) is 11.7. The average Bonchev–Trinajstić information content (AvgIpc) is 2.67. The van der Waals surface area contributed by atoms with E-state index in [1.165, 1.54) is 0 Å². The van der Waals surface area contributed by atoms with Crippen LogP contribution in [0.1, 0.15) is 6.42 Å². The van der Waals surface area contributed by atoms with Gasteiger partial charge in [-0.25, -0.2) is 0 Å². The van der Waals surface area contributed by atoms with Crippen molar-refractivity contribution >= 4 is 35.8 Å². The number of carbonyl (C=O) groups excluding carboxylic acids is 1. The number of thioether (sulfide) groups is 1. The van der Waals surface area contributed by atoms with Gasteiger partial charge >= 0.3 is 0 Å². The van der Waals surface area contributed by atoms with E-state index in [1.54, 1.807) is 11.8 Å². The average molecular weight is 316 g/mol. The van der Waals surface area contributed by atoms with Crippen LogP contribution >= 0.6 is 24.2 Å². The fourth-order valence-corrected chi connectivity index (χ4v) is 2.62. The van der Waals surface area contributed by atoms with Gasteiger partial charge in [-0.3, -0.25) is 9.69 Å².